The molecular formula is C13H23N9. The Morgan fingerprint density at radius 2 is 2.23 bits per heavy atom. The van der Waals surface area contributed by atoms with Gasteiger partial charge in [0, 0.05) is 38.6 Å². The van der Waals surface area contributed by atoms with Crippen molar-refractivity contribution in [3.63, 3.8) is 0 Å². The molecule has 0 saturated heterocycles. The molecule has 1 aromatic rings. The molecule has 9 nitrogen and oxygen atoms in total. The van der Waals surface area contributed by atoms with Gasteiger partial charge in [0.25, 0.3) is 0 Å². The fraction of sp³-hybridized carbons (Fsp3) is 0.538. The first-order chi connectivity index (χ1) is 10.8. The molecule has 0 aromatic carbocycles. The van der Waals surface area contributed by atoms with Crippen LogP contribution in [0.2, 0.25) is 0 Å². The second-order valence-electron chi connectivity index (χ2n) is 4.46. The van der Waals surface area contributed by atoms with Crippen molar-refractivity contribution in [1.29, 1.82) is 5.26 Å². The molecule has 1 aromatic heterocycles. The highest BCUT2D eigenvalue weighted by molar-refractivity contribution is 5.81. The van der Waals surface area contributed by atoms with Crippen LogP contribution in [0, 0.1) is 11.5 Å². The molecule has 6 N–H and O–H groups in total. The van der Waals surface area contributed by atoms with E-state index in [0.29, 0.717) is 31.6 Å². The number of aliphatic imine (C=N–C) groups is 2. The summed E-state index contributed by atoms with van der Waals surface area (Å²) in [6, 6.07) is 0. The van der Waals surface area contributed by atoms with Crippen molar-refractivity contribution in [1.82, 2.24) is 25.9 Å². The summed E-state index contributed by atoms with van der Waals surface area (Å²) in [4.78, 5) is 15.1. The van der Waals surface area contributed by atoms with E-state index in [-0.39, 0.29) is 0 Å². The number of hydrogen-bond acceptors (Lipinski definition) is 4. The Bertz CT molecular complexity index is 498. The summed E-state index contributed by atoms with van der Waals surface area (Å²) in [5.74, 6) is 0.852. The molecule has 0 amide bonds. The average molecular weight is 305 g/mol. The Morgan fingerprint density at radius 3 is 2.91 bits per heavy atom. The predicted octanol–water partition coefficient (Wildman–Crippen LogP) is -0.717. The zero-order valence-electron chi connectivity index (χ0n) is 12.8. The lowest BCUT2D eigenvalue weighted by atomic mass is 10.2. The lowest BCUT2D eigenvalue weighted by molar-refractivity contribution is 0.728. The molecule has 0 saturated carbocycles. The number of aromatic amines is 1. The van der Waals surface area contributed by atoms with Crippen LogP contribution in [0.1, 0.15) is 18.5 Å². The number of aryl methyl sites for hydroxylation is 1. The van der Waals surface area contributed by atoms with Crippen LogP contribution in [0.3, 0.4) is 0 Å². The molecule has 0 bridgehead atoms. The molecule has 0 radical (unpaired) electrons. The molecule has 0 unspecified atom stereocenters. The minimum absolute atomic E-state index is 0.423. The van der Waals surface area contributed by atoms with Gasteiger partial charge in [-0.3, -0.25) is 15.3 Å². The van der Waals surface area contributed by atoms with Gasteiger partial charge >= 0.3 is 0 Å². The number of aromatic nitrogens is 2. The second kappa shape index (κ2) is 11.0. The van der Waals surface area contributed by atoms with Gasteiger partial charge in [0.15, 0.2) is 12.2 Å². The molecule has 0 aliphatic carbocycles. The fourth-order valence-corrected chi connectivity index (χ4v) is 1.71. The Balaban J connectivity index is 2.04. The third-order valence-corrected chi connectivity index (χ3v) is 2.81. The van der Waals surface area contributed by atoms with Crippen molar-refractivity contribution in [2.45, 2.75) is 19.3 Å². The van der Waals surface area contributed by atoms with Gasteiger partial charge in [0.05, 0.1) is 6.33 Å². The first kappa shape index (κ1) is 17.3. The Kier molecular flexibility index (Phi) is 8.61. The van der Waals surface area contributed by atoms with Crippen molar-refractivity contribution in [2.75, 3.05) is 26.7 Å². The summed E-state index contributed by atoms with van der Waals surface area (Å²) in [6.07, 6.45) is 8.30. The number of unbranched alkanes of at least 4 members (excludes halogenated alkanes) is 1. The molecule has 0 aliphatic rings. The Morgan fingerprint density at radius 1 is 1.41 bits per heavy atom. The SMILES string of the molecule is CN=C(NC#N)NCCNC(N)=NCCCCc1cnc[nH]1. The zero-order valence-corrected chi connectivity index (χ0v) is 12.8. The molecule has 0 aliphatic heterocycles. The lowest BCUT2D eigenvalue weighted by Gasteiger charge is -2.08. The summed E-state index contributed by atoms with van der Waals surface area (Å²) in [5, 5.41) is 16.8. The van der Waals surface area contributed by atoms with Gasteiger partial charge in [-0.15, -0.1) is 0 Å². The van der Waals surface area contributed by atoms with Crippen LogP contribution in [0.4, 0.5) is 0 Å². The highest BCUT2D eigenvalue weighted by atomic mass is 15.2. The van der Waals surface area contributed by atoms with Gasteiger partial charge in [0.2, 0.25) is 5.96 Å². The summed E-state index contributed by atoms with van der Waals surface area (Å²) in [5.41, 5.74) is 6.89. The molecule has 9 heteroatoms. The van der Waals surface area contributed by atoms with E-state index in [1.54, 1.807) is 19.6 Å². The van der Waals surface area contributed by atoms with Crippen molar-refractivity contribution in [3.8, 4) is 6.19 Å². The largest absolute Gasteiger partial charge is 0.370 e. The number of guanidine groups is 2. The number of H-pyrrole nitrogens is 1. The van der Waals surface area contributed by atoms with Gasteiger partial charge in [0.1, 0.15) is 0 Å². The van der Waals surface area contributed by atoms with Crippen molar-refractivity contribution in [2.24, 2.45) is 15.7 Å². The topological polar surface area (TPSA) is 139 Å². The first-order valence-electron chi connectivity index (χ1n) is 7.13. The number of nitriles is 1. The standard InChI is InChI=1S/C13H23N9/c1-16-13(21-9-14)20-7-6-19-12(15)18-5-3-2-4-11-8-17-10-22-11/h8,10H,2-7H2,1H3,(H,17,22)(H3,15,18,19)(H2,16,20,21). The number of rotatable bonds is 8. The van der Waals surface area contributed by atoms with E-state index in [2.05, 4.69) is 35.9 Å². The molecule has 0 spiro atoms. The van der Waals surface area contributed by atoms with Gasteiger partial charge in [-0.1, -0.05) is 0 Å². The van der Waals surface area contributed by atoms with Crippen molar-refractivity contribution in [3.05, 3.63) is 18.2 Å². The first-order valence-corrected chi connectivity index (χ1v) is 7.13. The van der Waals surface area contributed by atoms with Crippen LogP contribution in [-0.4, -0.2) is 48.6 Å². The maximum atomic E-state index is 8.47. The third kappa shape index (κ3) is 7.74. The monoisotopic (exact) mass is 305 g/mol. The zero-order chi connectivity index (χ0) is 16.0. The number of hydrogen-bond donors (Lipinski definition) is 5. The van der Waals surface area contributed by atoms with E-state index in [9.17, 15) is 0 Å². The van der Waals surface area contributed by atoms with E-state index in [0.717, 1.165) is 25.0 Å². The van der Waals surface area contributed by atoms with E-state index in [4.69, 9.17) is 11.0 Å². The smallest absolute Gasteiger partial charge is 0.204 e. The van der Waals surface area contributed by atoms with Crippen LogP contribution in [0.15, 0.2) is 22.5 Å². The van der Waals surface area contributed by atoms with Crippen LogP contribution < -0.4 is 21.7 Å². The molecule has 0 fully saturated rings. The second-order valence-corrected chi connectivity index (χ2v) is 4.46. The maximum Gasteiger partial charge on any atom is 0.204 e. The van der Waals surface area contributed by atoms with Gasteiger partial charge in [-0.25, -0.2) is 4.98 Å². The van der Waals surface area contributed by atoms with Crippen LogP contribution in [-0.2, 0) is 6.42 Å². The molecule has 0 atom stereocenters. The maximum absolute atomic E-state index is 8.47. The third-order valence-electron chi connectivity index (χ3n) is 2.81. The lowest BCUT2D eigenvalue weighted by Crippen LogP contribution is -2.41. The van der Waals surface area contributed by atoms with Gasteiger partial charge in [-0.05, 0) is 19.3 Å². The summed E-state index contributed by atoms with van der Waals surface area (Å²) < 4.78 is 0. The van der Waals surface area contributed by atoms with Crippen molar-refractivity contribution < 1.29 is 0 Å². The van der Waals surface area contributed by atoms with Crippen LogP contribution >= 0.6 is 0 Å². The van der Waals surface area contributed by atoms with Crippen molar-refractivity contribution >= 4 is 11.9 Å². The van der Waals surface area contributed by atoms with E-state index in [1.165, 1.54) is 0 Å². The normalized spacial score (nSPS) is 11.8. The van der Waals surface area contributed by atoms with Crippen LogP contribution in [0.25, 0.3) is 0 Å². The highest BCUT2D eigenvalue weighted by Crippen LogP contribution is 1.99. The van der Waals surface area contributed by atoms with E-state index >= 15 is 0 Å². The Labute approximate surface area is 130 Å². The minimum Gasteiger partial charge on any atom is -0.370 e. The van der Waals surface area contributed by atoms with Gasteiger partial charge < -0.3 is 21.4 Å². The molecule has 1 rings (SSSR count). The van der Waals surface area contributed by atoms with E-state index in [1.807, 2.05) is 6.20 Å². The summed E-state index contributed by atoms with van der Waals surface area (Å²) >= 11 is 0. The summed E-state index contributed by atoms with van der Waals surface area (Å²) in [6.45, 7) is 1.87. The fourth-order valence-electron chi connectivity index (χ4n) is 1.71. The van der Waals surface area contributed by atoms with E-state index < -0.39 is 0 Å². The van der Waals surface area contributed by atoms with Gasteiger partial charge in [-0.2, -0.15) is 5.26 Å². The minimum atomic E-state index is 0.423. The number of nitrogens with one attached hydrogen (secondary N) is 4. The number of nitrogens with zero attached hydrogens (tertiary/aromatic N) is 4. The summed E-state index contributed by atoms with van der Waals surface area (Å²) in [7, 11) is 1.60. The molecule has 120 valence electrons. The predicted molar refractivity (Wildman–Crippen MR) is 86.1 cm³/mol. The molecule has 1 heterocycles. The highest BCUT2D eigenvalue weighted by Gasteiger charge is 1.96. The quantitative estimate of drug-likeness (QED) is 0.141. The average Bonchev–Trinajstić information content (AvgIpc) is 3.03. The number of nitrogens with two attached hydrogens (primary N) is 1. The Hall–Kier alpha value is -2.76. The number of imidazole rings is 1. The van der Waals surface area contributed by atoms with Crippen LogP contribution in [0.5, 0.6) is 0 Å². The molecule has 22 heavy (non-hydrogen) atoms. The molecular weight excluding hydrogens is 282 g/mol.